The Bertz CT molecular complexity index is 741. The molecule has 1 aliphatic heterocycles. The third-order valence-corrected chi connectivity index (χ3v) is 6.31. The lowest BCUT2D eigenvalue weighted by atomic mass is 10.1. The molecule has 0 radical (unpaired) electrons. The van der Waals surface area contributed by atoms with Crippen LogP contribution in [0.5, 0.6) is 0 Å². The van der Waals surface area contributed by atoms with Crippen molar-refractivity contribution in [2.24, 2.45) is 4.99 Å². The van der Waals surface area contributed by atoms with Gasteiger partial charge in [0.25, 0.3) is 0 Å². The summed E-state index contributed by atoms with van der Waals surface area (Å²) in [6.45, 7) is 11.6. The van der Waals surface area contributed by atoms with Crippen LogP contribution in [-0.2, 0) is 22.9 Å². The van der Waals surface area contributed by atoms with Crippen LogP contribution in [0.25, 0.3) is 0 Å². The topological polar surface area (TPSA) is 77.0 Å². The molecule has 0 bridgehead atoms. The predicted molar refractivity (Wildman–Crippen MR) is 121 cm³/mol. The average molecular weight is 424 g/mol. The molecule has 0 spiro atoms. The largest absolute Gasteiger partial charge is 0.354 e. The Balaban J connectivity index is 1.75. The van der Waals surface area contributed by atoms with Crippen LogP contribution in [0.4, 0.5) is 0 Å². The molecule has 0 aromatic heterocycles. The van der Waals surface area contributed by atoms with E-state index in [9.17, 15) is 8.42 Å². The standard InChI is InChI=1S/C21H37N5O2S/c1-5-25-11-13-26(14-12-25)17-20-8-6-19(7-9-20)16-23-21(22-3)24-18(2)10-15-29(4,27)28/h6-9,18H,5,10-17H2,1-4H3,(H2,22,23,24). The van der Waals surface area contributed by atoms with Gasteiger partial charge in [0.05, 0.1) is 5.75 Å². The number of guanidine groups is 1. The molecule has 2 rings (SSSR count). The molecular formula is C21H37N5O2S. The molecule has 8 heteroatoms. The highest BCUT2D eigenvalue weighted by Crippen LogP contribution is 2.10. The van der Waals surface area contributed by atoms with Crippen LogP contribution >= 0.6 is 0 Å². The van der Waals surface area contributed by atoms with E-state index in [1.165, 1.54) is 17.4 Å². The summed E-state index contributed by atoms with van der Waals surface area (Å²) >= 11 is 0. The van der Waals surface area contributed by atoms with Crippen molar-refractivity contribution in [1.82, 2.24) is 20.4 Å². The molecule has 7 nitrogen and oxygen atoms in total. The highest BCUT2D eigenvalue weighted by atomic mass is 32.2. The zero-order valence-electron chi connectivity index (χ0n) is 18.3. The van der Waals surface area contributed by atoms with E-state index in [4.69, 9.17) is 0 Å². The van der Waals surface area contributed by atoms with E-state index in [-0.39, 0.29) is 11.8 Å². The van der Waals surface area contributed by atoms with Crippen molar-refractivity contribution in [2.45, 2.75) is 39.4 Å². The Kier molecular flexibility index (Phi) is 9.39. The minimum absolute atomic E-state index is 0.0338. The van der Waals surface area contributed by atoms with Crippen molar-refractivity contribution in [2.75, 3.05) is 51.8 Å². The molecule has 0 saturated carbocycles. The zero-order chi connectivity index (χ0) is 21.3. The van der Waals surface area contributed by atoms with Gasteiger partial charge < -0.3 is 15.5 Å². The van der Waals surface area contributed by atoms with Crippen LogP contribution in [0.3, 0.4) is 0 Å². The van der Waals surface area contributed by atoms with Gasteiger partial charge in [0.15, 0.2) is 5.96 Å². The predicted octanol–water partition coefficient (Wildman–Crippen LogP) is 1.31. The van der Waals surface area contributed by atoms with Crippen molar-refractivity contribution in [3.63, 3.8) is 0 Å². The number of piperazine rings is 1. The first-order valence-electron chi connectivity index (χ1n) is 10.5. The van der Waals surface area contributed by atoms with E-state index in [0.29, 0.717) is 18.9 Å². The van der Waals surface area contributed by atoms with E-state index < -0.39 is 9.84 Å². The number of hydrogen-bond acceptors (Lipinski definition) is 5. The Morgan fingerprint density at radius 1 is 1.10 bits per heavy atom. The fourth-order valence-corrected chi connectivity index (χ4v) is 4.14. The summed E-state index contributed by atoms with van der Waals surface area (Å²) in [6, 6.07) is 8.75. The highest BCUT2D eigenvalue weighted by molar-refractivity contribution is 7.90. The molecule has 164 valence electrons. The summed E-state index contributed by atoms with van der Waals surface area (Å²) < 4.78 is 22.6. The molecule has 1 unspecified atom stereocenters. The molecule has 1 atom stereocenters. The lowest BCUT2D eigenvalue weighted by molar-refractivity contribution is 0.132. The zero-order valence-corrected chi connectivity index (χ0v) is 19.1. The summed E-state index contributed by atoms with van der Waals surface area (Å²) in [6.07, 6.45) is 1.82. The minimum Gasteiger partial charge on any atom is -0.354 e. The monoisotopic (exact) mass is 423 g/mol. The van der Waals surface area contributed by atoms with Crippen LogP contribution in [0.2, 0.25) is 0 Å². The number of benzene rings is 1. The third kappa shape index (κ3) is 9.14. The minimum atomic E-state index is -2.94. The van der Waals surface area contributed by atoms with Gasteiger partial charge in [-0.15, -0.1) is 0 Å². The first-order valence-corrected chi connectivity index (χ1v) is 12.5. The Labute approximate surface area is 176 Å². The number of likely N-dealkylation sites (N-methyl/N-ethyl adjacent to an activating group) is 1. The molecule has 1 aromatic rings. The smallest absolute Gasteiger partial charge is 0.191 e. The van der Waals surface area contributed by atoms with Gasteiger partial charge in [-0.05, 0) is 31.0 Å². The van der Waals surface area contributed by atoms with Crippen molar-refractivity contribution in [3.8, 4) is 0 Å². The number of nitrogens with zero attached hydrogens (tertiary/aromatic N) is 3. The average Bonchev–Trinajstić information content (AvgIpc) is 2.70. The van der Waals surface area contributed by atoms with Crippen LogP contribution in [0.1, 0.15) is 31.4 Å². The van der Waals surface area contributed by atoms with Crippen molar-refractivity contribution in [1.29, 1.82) is 0 Å². The molecule has 0 aliphatic carbocycles. The molecule has 1 fully saturated rings. The van der Waals surface area contributed by atoms with Gasteiger partial charge in [-0.3, -0.25) is 9.89 Å². The van der Waals surface area contributed by atoms with Crippen LogP contribution in [0.15, 0.2) is 29.3 Å². The number of nitrogens with one attached hydrogen (secondary N) is 2. The second-order valence-corrected chi connectivity index (χ2v) is 10.2. The van der Waals surface area contributed by atoms with Crippen LogP contribution < -0.4 is 10.6 Å². The maximum Gasteiger partial charge on any atom is 0.191 e. The number of sulfone groups is 1. The Hall–Kier alpha value is -1.64. The molecular weight excluding hydrogens is 386 g/mol. The van der Waals surface area contributed by atoms with Gasteiger partial charge in [0.2, 0.25) is 0 Å². The van der Waals surface area contributed by atoms with Crippen molar-refractivity contribution in [3.05, 3.63) is 35.4 Å². The van der Waals surface area contributed by atoms with E-state index in [0.717, 1.165) is 39.3 Å². The number of aliphatic imine (C=N–C) groups is 1. The quantitative estimate of drug-likeness (QED) is 0.461. The first-order chi connectivity index (χ1) is 13.8. The maximum atomic E-state index is 11.3. The SMILES string of the molecule is CCN1CCN(Cc2ccc(CNC(=NC)NC(C)CCS(C)(=O)=O)cc2)CC1. The summed E-state index contributed by atoms with van der Waals surface area (Å²) in [7, 11) is -1.22. The summed E-state index contributed by atoms with van der Waals surface area (Å²) in [5.41, 5.74) is 2.53. The number of rotatable bonds is 9. The second-order valence-electron chi connectivity index (χ2n) is 7.92. The van der Waals surface area contributed by atoms with Gasteiger partial charge in [-0.1, -0.05) is 31.2 Å². The van der Waals surface area contributed by atoms with Gasteiger partial charge in [0, 0.05) is 58.6 Å². The highest BCUT2D eigenvalue weighted by Gasteiger charge is 2.15. The second kappa shape index (κ2) is 11.5. The molecule has 2 N–H and O–H groups in total. The fourth-order valence-electron chi connectivity index (χ4n) is 3.36. The summed E-state index contributed by atoms with van der Waals surface area (Å²) in [4.78, 5) is 9.24. The molecule has 1 saturated heterocycles. The van der Waals surface area contributed by atoms with E-state index in [1.807, 2.05) is 6.92 Å². The van der Waals surface area contributed by atoms with Crippen molar-refractivity contribution >= 4 is 15.8 Å². The Morgan fingerprint density at radius 2 is 1.69 bits per heavy atom. The van der Waals surface area contributed by atoms with E-state index >= 15 is 0 Å². The van der Waals surface area contributed by atoms with Crippen molar-refractivity contribution < 1.29 is 8.42 Å². The Morgan fingerprint density at radius 3 is 2.24 bits per heavy atom. The molecule has 0 amide bonds. The number of hydrogen-bond donors (Lipinski definition) is 2. The molecule has 29 heavy (non-hydrogen) atoms. The van der Waals surface area contributed by atoms with E-state index in [2.05, 4.69) is 56.6 Å². The normalized spacial score (nSPS) is 17.9. The van der Waals surface area contributed by atoms with Gasteiger partial charge in [0.1, 0.15) is 9.84 Å². The molecule has 1 aromatic carbocycles. The van der Waals surface area contributed by atoms with Gasteiger partial charge in [-0.2, -0.15) is 0 Å². The van der Waals surface area contributed by atoms with Gasteiger partial charge in [-0.25, -0.2) is 8.42 Å². The molecule has 1 heterocycles. The van der Waals surface area contributed by atoms with Gasteiger partial charge >= 0.3 is 0 Å². The summed E-state index contributed by atoms with van der Waals surface area (Å²) in [5.74, 6) is 0.858. The van der Waals surface area contributed by atoms with E-state index in [1.54, 1.807) is 7.05 Å². The lowest BCUT2D eigenvalue weighted by Gasteiger charge is -2.34. The van der Waals surface area contributed by atoms with Crippen LogP contribution in [-0.4, -0.2) is 82.0 Å². The lowest BCUT2D eigenvalue weighted by Crippen LogP contribution is -2.45. The van der Waals surface area contributed by atoms with Crippen LogP contribution in [0, 0.1) is 0 Å². The molecule has 1 aliphatic rings. The third-order valence-electron chi connectivity index (χ3n) is 5.33. The fraction of sp³-hybridized carbons (Fsp3) is 0.667. The maximum absolute atomic E-state index is 11.3. The first kappa shape index (κ1) is 23.6. The summed E-state index contributed by atoms with van der Waals surface area (Å²) in [5, 5.41) is 6.55.